The van der Waals surface area contributed by atoms with Crippen LogP contribution in [0.15, 0.2) is 40.6 Å². The van der Waals surface area contributed by atoms with E-state index in [1.165, 1.54) is 0 Å². The first-order chi connectivity index (χ1) is 13.2. The fourth-order valence-electron chi connectivity index (χ4n) is 3.58. The van der Waals surface area contributed by atoms with E-state index in [4.69, 9.17) is 11.4 Å². The number of nitrogens with one attached hydrogen (secondary N) is 1. The van der Waals surface area contributed by atoms with E-state index in [1.807, 2.05) is 30.3 Å². The Balaban J connectivity index is 1.50. The molecule has 0 radical (unpaired) electrons. The molecule has 0 fully saturated rings. The number of benzene rings is 1. The van der Waals surface area contributed by atoms with Crippen molar-refractivity contribution < 1.29 is 4.79 Å². The lowest BCUT2D eigenvalue weighted by atomic mass is 10.0. The first-order valence-electron chi connectivity index (χ1n) is 9.53. The van der Waals surface area contributed by atoms with E-state index in [-0.39, 0.29) is 5.91 Å². The van der Waals surface area contributed by atoms with Crippen molar-refractivity contribution in [3.63, 3.8) is 0 Å². The average molecular weight is 361 g/mol. The molecule has 0 unspecified atom stereocenters. The van der Waals surface area contributed by atoms with Crippen LogP contribution in [0.5, 0.6) is 0 Å². The highest BCUT2D eigenvalue weighted by molar-refractivity contribution is 5.93. The molecule has 0 saturated heterocycles. The highest BCUT2D eigenvalue weighted by atomic mass is 16.1. The molecular weight excluding hydrogens is 338 g/mol. The molecule has 6 nitrogen and oxygen atoms in total. The number of carbonyl (C=O) groups is 1. The normalized spacial score (nSPS) is 16.4. The molecule has 0 atom stereocenters. The lowest BCUT2D eigenvalue weighted by Crippen LogP contribution is -2.21. The Labute approximate surface area is 159 Å². The van der Waals surface area contributed by atoms with Crippen molar-refractivity contribution in [3.8, 4) is 23.6 Å². The van der Waals surface area contributed by atoms with Crippen molar-refractivity contribution in [1.29, 1.82) is 0 Å². The maximum atomic E-state index is 12.7. The monoisotopic (exact) mass is 361 g/mol. The zero-order chi connectivity index (χ0) is 18.7. The highest BCUT2D eigenvalue weighted by Crippen LogP contribution is 2.38. The molecule has 4 rings (SSSR count). The van der Waals surface area contributed by atoms with Crippen LogP contribution < -0.4 is 5.32 Å². The maximum Gasteiger partial charge on any atom is 0.225 e. The SMILES string of the molecule is C#CCCC1(CCC(=O)Nc2c(-c3ccccc3)nc3n2CCCC3)N=N1. The number of amides is 1. The van der Waals surface area contributed by atoms with Crippen molar-refractivity contribution in [2.75, 3.05) is 5.32 Å². The van der Waals surface area contributed by atoms with Crippen LogP contribution in [0.2, 0.25) is 0 Å². The predicted molar refractivity (Wildman–Crippen MR) is 104 cm³/mol. The summed E-state index contributed by atoms with van der Waals surface area (Å²) >= 11 is 0. The van der Waals surface area contributed by atoms with E-state index in [9.17, 15) is 4.79 Å². The Bertz CT molecular complexity index is 901. The zero-order valence-electron chi connectivity index (χ0n) is 15.3. The van der Waals surface area contributed by atoms with Gasteiger partial charge in [0.05, 0.1) is 0 Å². The molecule has 0 saturated carbocycles. The minimum Gasteiger partial charge on any atom is -0.314 e. The van der Waals surface area contributed by atoms with Gasteiger partial charge in [0.25, 0.3) is 0 Å². The van der Waals surface area contributed by atoms with Gasteiger partial charge in [0.2, 0.25) is 5.91 Å². The van der Waals surface area contributed by atoms with E-state index in [1.54, 1.807) is 0 Å². The van der Waals surface area contributed by atoms with Gasteiger partial charge in [-0.3, -0.25) is 4.79 Å². The largest absolute Gasteiger partial charge is 0.314 e. The number of fused-ring (bicyclic) bond motifs is 1. The molecule has 0 bridgehead atoms. The van der Waals surface area contributed by atoms with Gasteiger partial charge in [-0.2, -0.15) is 10.2 Å². The summed E-state index contributed by atoms with van der Waals surface area (Å²) in [6.07, 6.45) is 10.8. The van der Waals surface area contributed by atoms with Crippen molar-refractivity contribution in [3.05, 3.63) is 36.2 Å². The van der Waals surface area contributed by atoms with E-state index in [0.29, 0.717) is 25.7 Å². The van der Waals surface area contributed by atoms with Crippen LogP contribution in [-0.2, 0) is 17.8 Å². The summed E-state index contributed by atoms with van der Waals surface area (Å²) in [5.74, 6) is 4.44. The molecule has 1 aromatic carbocycles. The van der Waals surface area contributed by atoms with Crippen LogP contribution >= 0.6 is 0 Å². The second-order valence-electron chi connectivity index (χ2n) is 7.13. The molecule has 2 aliphatic heterocycles. The maximum absolute atomic E-state index is 12.7. The third-order valence-corrected chi connectivity index (χ3v) is 5.19. The minimum absolute atomic E-state index is 0.0298. The van der Waals surface area contributed by atoms with Gasteiger partial charge in [-0.15, -0.1) is 12.3 Å². The molecule has 0 spiro atoms. The van der Waals surface area contributed by atoms with Gasteiger partial charge in [0, 0.05) is 44.2 Å². The molecule has 138 valence electrons. The lowest BCUT2D eigenvalue weighted by molar-refractivity contribution is -0.116. The first kappa shape index (κ1) is 17.5. The number of aromatic nitrogens is 2. The van der Waals surface area contributed by atoms with Gasteiger partial charge in [-0.05, 0) is 12.8 Å². The Morgan fingerprint density at radius 2 is 2.04 bits per heavy atom. The Kier molecular flexibility index (Phi) is 4.76. The number of aryl methyl sites for hydroxylation is 1. The molecular formula is C21H23N5O. The summed E-state index contributed by atoms with van der Waals surface area (Å²) in [6.45, 7) is 0.890. The van der Waals surface area contributed by atoms with Crippen molar-refractivity contribution >= 4 is 11.7 Å². The van der Waals surface area contributed by atoms with E-state index >= 15 is 0 Å². The fraction of sp³-hybridized carbons (Fsp3) is 0.429. The average Bonchev–Trinajstić information content (AvgIpc) is 3.40. The van der Waals surface area contributed by atoms with Crippen LogP contribution in [0.4, 0.5) is 5.82 Å². The van der Waals surface area contributed by atoms with E-state index in [0.717, 1.165) is 48.7 Å². The molecule has 1 N–H and O–H groups in total. The number of carbonyl (C=O) groups excluding carboxylic acids is 1. The minimum atomic E-state index is -0.428. The summed E-state index contributed by atoms with van der Waals surface area (Å²) in [7, 11) is 0. The molecule has 0 aliphatic carbocycles. The molecule has 3 heterocycles. The Morgan fingerprint density at radius 3 is 2.78 bits per heavy atom. The Morgan fingerprint density at radius 1 is 1.22 bits per heavy atom. The van der Waals surface area contributed by atoms with Crippen LogP contribution in [0.3, 0.4) is 0 Å². The van der Waals surface area contributed by atoms with Crippen LogP contribution in [0.1, 0.15) is 44.3 Å². The smallest absolute Gasteiger partial charge is 0.225 e. The third-order valence-electron chi connectivity index (χ3n) is 5.19. The van der Waals surface area contributed by atoms with Crippen LogP contribution in [0.25, 0.3) is 11.3 Å². The molecule has 27 heavy (non-hydrogen) atoms. The van der Waals surface area contributed by atoms with Gasteiger partial charge in [-0.1, -0.05) is 30.3 Å². The molecule has 1 aromatic heterocycles. The standard InChI is InChI=1S/C21H23N5O/c1-2-3-13-21(24-25-21)14-12-18(27)23-20-19(16-9-5-4-6-10-16)22-17-11-7-8-15-26(17)20/h1,4-6,9-10H,3,7-8,11-15H2,(H,23,27). The molecule has 1 amide bonds. The molecule has 2 aromatic rings. The number of rotatable bonds is 7. The van der Waals surface area contributed by atoms with Crippen molar-refractivity contribution in [1.82, 2.24) is 9.55 Å². The quantitative estimate of drug-likeness (QED) is 0.752. The predicted octanol–water partition coefficient (Wildman–Crippen LogP) is 4.18. The summed E-state index contributed by atoms with van der Waals surface area (Å²) in [4.78, 5) is 17.5. The molecule has 6 heteroatoms. The van der Waals surface area contributed by atoms with Gasteiger partial charge in [0.1, 0.15) is 17.3 Å². The van der Waals surface area contributed by atoms with Gasteiger partial charge in [0.15, 0.2) is 5.66 Å². The van der Waals surface area contributed by atoms with Crippen LogP contribution in [-0.4, -0.2) is 21.1 Å². The first-order valence-corrected chi connectivity index (χ1v) is 9.53. The number of anilines is 1. The second-order valence-corrected chi connectivity index (χ2v) is 7.13. The Hall–Kier alpha value is -2.94. The highest BCUT2D eigenvalue weighted by Gasteiger charge is 2.39. The zero-order valence-corrected chi connectivity index (χ0v) is 15.3. The van der Waals surface area contributed by atoms with Gasteiger partial charge >= 0.3 is 0 Å². The van der Waals surface area contributed by atoms with E-state index < -0.39 is 5.66 Å². The second kappa shape index (κ2) is 7.36. The number of nitrogens with zero attached hydrogens (tertiary/aromatic N) is 4. The number of imidazole rings is 1. The summed E-state index contributed by atoms with van der Waals surface area (Å²) in [5, 5.41) is 11.3. The summed E-state index contributed by atoms with van der Waals surface area (Å²) in [6, 6.07) is 10.0. The van der Waals surface area contributed by atoms with Gasteiger partial charge in [-0.25, -0.2) is 4.98 Å². The number of hydrogen-bond donors (Lipinski definition) is 1. The fourth-order valence-corrected chi connectivity index (χ4v) is 3.58. The van der Waals surface area contributed by atoms with Crippen molar-refractivity contribution in [2.24, 2.45) is 10.2 Å². The van der Waals surface area contributed by atoms with E-state index in [2.05, 4.69) is 26.0 Å². The number of hydrogen-bond acceptors (Lipinski definition) is 4. The van der Waals surface area contributed by atoms with Crippen LogP contribution in [0, 0.1) is 12.3 Å². The van der Waals surface area contributed by atoms with Gasteiger partial charge < -0.3 is 9.88 Å². The topological polar surface area (TPSA) is 71.6 Å². The number of terminal acetylenes is 1. The van der Waals surface area contributed by atoms with Crippen molar-refractivity contribution in [2.45, 2.75) is 57.2 Å². The summed E-state index contributed by atoms with van der Waals surface area (Å²) in [5.41, 5.74) is 1.44. The molecule has 2 aliphatic rings. The third kappa shape index (κ3) is 3.77. The summed E-state index contributed by atoms with van der Waals surface area (Å²) < 4.78 is 2.16. The lowest BCUT2D eigenvalue weighted by Gasteiger charge is -2.17.